The van der Waals surface area contributed by atoms with Gasteiger partial charge in [0.05, 0.1) is 5.69 Å². The number of aryl methyl sites for hydroxylation is 1. The SMILES string of the molecule is Cc1cccc(C=Nc2ccc(Cl)cc2)c1O. The molecule has 0 aliphatic heterocycles. The van der Waals surface area contributed by atoms with Crippen LogP contribution in [0.15, 0.2) is 47.5 Å². The summed E-state index contributed by atoms with van der Waals surface area (Å²) in [7, 11) is 0. The number of halogens is 1. The number of nitrogens with zero attached hydrogens (tertiary/aromatic N) is 1. The molecule has 17 heavy (non-hydrogen) atoms. The lowest BCUT2D eigenvalue weighted by molar-refractivity contribution is 0.470. The highest BCUT2D eigenvalue weighted by molar-refractivity contribution is 6.30. The average Bonchev–Trinajstić information content (AvgIpc) is 2.33. The summed E-state index contributed by atoms with van der Waals surface area (Å²) in [4.78, 5) is 4.28. The van der Waals surface area contributed by atoms with Crippen LogP contribution in [0.2, 0.25) is 5.02 Å². The number of hydrogen-bond acceptors (Lipinski definition) is 2. The van der Waals surface area contributed by atoms with Crippen molar-refractivity contribution in [3.05, 3.63) is 58.6 Å². The van der Waals surface area contributed by atoms with Crippen LogP contribution in [-0.2, 0) is 0 Å². The maximum absolute atomic E-state index is 9.81. The van der Waals surface area contributed by atoms with Crippen molar-refractivity contribution >= 4 is 23.5 Å². The molecule has 0 unspecified atom stereocenters. The van der Waals surface area contributed by atoms with Crippen LogP contribution in [0, 0.1) is 6.92 Å². The first-order valence-corrected chi connectivity index (χ1v) is 5.63. The zero-order valence-electron chi connectivity index (χ0n) is 9.39. The number of aliphatic imine (C=N–C) groups is 1. The van der Waals surface area contributed by atoms with Crippen LogP contribution in [0.1, 0.15) is 11.1 Å². The Morgan fingerprint density at radius 2 is 1.82 bits per heavy atom. The Morgan fingerprint density at radius 3 is 2.53 bits per heavy atom. The van der Waals surface area contributed by atoms with Gasteiger partial charge in [-0.15, -0.1) is 0 Å². The maximum atomic E-state index is 9.81. The molecule has 0 aliphatic carbocycles. The van der Waals surface area contributed by atoms with Crippen molar-refractivity contribution in [1.29, 1.82) is 0 Å². The van der Waals surface area contributed by atoms with Gasteiger partial charge in [-0.3, -0.25) is 4.99 Å². The predicted octanol–water partition coefficient (Wildman–Crippen LogP) is 4.10. The first-order chi connectivity index (χ1) is 8.16. The van der Waals surface area contributed by atoms with Gasteiger partial charge in [0.2, 0.25) is 0 Å². The number of phenols is 1. The van der Waals surface area contributed by atoms with Crippen LogP contribution in [0.25, 0.3) is 0 Å². The minimum atomic E-state index is 0.269. The molecule has 0 atom stereocenters. The number of benzene rings is 2. The Bertz CT molecular complexity index is 547. The molecule has 0 saturated heterocycles. The first-order valence-electron chi connectivity index (χ1n) is 5.25. The van der Waals surface area contributed by atoms with Crippen LogP contribution in [0.5, 0.6) is 5.75 Å². The average molecular weight is 246 g/mol. The molecule has 0 fully saturated rings. The monoisotopic (exact) mass is 245 g/mol. The van der Waals surface area contributed by atoms with Crippen molar-refractivity contribution < 1.29 is 5.11 Å². The largest absolute Gasteiger partial charge is 0.507 e. The van der Waals surface area contributed by atoms with Crippen LogP contribution < -0.4 is 0 Å². The van der Waals surface area contributed by atoms with E-state index in [1.165, 1.54) is 0 Å². The molecule has 2 rings (SSSR count). The van der Waals surface area contributed by atoms with Gasteiger partial charge < -0.3 is 5.11 Å². The number of rotatable bonds is 2. The highest BCUT2D eigenvalue weighted by Crippen LogP contribution is 2.21. The molecule has 0 spiro atoms. The molecule has 2 aromatic rings. The molecule has 0 aromatic heterocycles. The topological polar surface area (TPSA) is 32.6 Å². The number of phenolic OH excluding ortho intramolecular Hbond substituents is 1. The molecule has 0 radical (unpaired) electrons. The van der Waals surface area contributed by atoms with Crippen molar-refractivity contribution in [2.75, 3.05) is 0 Å². The molecule has 0 bridgehead atoms. The van der Waals surface area contributed by atoms with Gasteiger partial charge in [-0.1, -0.05) is 23.7 Å². The quantitative estimate of drug-likeness (QED) is 0.794. The van der Waals surface area contributed by atoms with Gasteiger partial charge in [0.25, 0.3) is 0 Å². The zero-order valence-corrected chi connectivity index (χ0v) is 10.1. The number of para-hydroxylation sites is 1. The molecule has 0 saturated carbocycles. The van der Waals surface area contributed by atoms with E-state index in [0.29, 0.717) is 10.6 Å². The number of aromatic hydroxyl groups is 1. The van der Waals surface area contributed by atoms with Crippen molar-refractivity contribution in [3.8, 4) is 5.75 Å². The molecule has 3 heteroatoms. The van der Waals surface area contributed by atoms with E-state index < -0.39 is 0 Å². The van der Waals surface area contributed by atoms with E-state index in [-0.39, 0.29) is 5.75 Å². The Kier molecular flexibility index (Phi) is 3.45. The summed E-state index contributed by atoms with van der Waals surface area (Å²) in [5, 5.41) is 10.5. The highest BCUT2D eigenvalue weighted by Gasteiger charge is 2.00. The molecule has 2 aromatic carbocycles. The van der Waals surface area contributed by atoms with Crippen LogP contribution >= 0.6 is 11.6 Å². The molecule has 0 heterocycles. The van der Waals surface area contributed by atoms with Gasteiger partial charge in [-0.05, 0) is 42.8 Å². The second-order valence-corrected chi connectivity index (χ2v) is 4.18. The molecular formula is C14H12ClNO. The van der Waals surface area contributed by atoms with E-state index in [2.05, 4.69) is 4.99 Å². The van der Waals surface area contributed by atoms with E-state index in [1.54, 1.807) is 18.3 Å². The van der Waals surface area contributed by atoms with Crippen molar-refractivity contribution in [3.63, 3.8) is 0 Å². The fourth-order valence-corrected chi connectivity index (χ4v) is 1.58. The predicted molar refractivity (Wildman–Crippen MR) is 71.5 cm³/mol. The summed E-state index contributed by atoms with van der Waals surface area (Å²) >= 11 is 5.78. The Morgan fingerprint density at radius 1 is 1.12 bits per heavy atom. The minimum Gasteiger partial charge on any atom is -0.507 e. The van der Waals surface area contributed by atoms with Gasteiger partial charge in [0, 0.05) is 16.8 Å². The molecule has 2 nitrogen and oxygen atoms in total. The summed E-state index contributed by atoms with van der Waals surface area (Å²) in [5.74, 6) is 0.269. The Balaban J connectivity index is 2.26. The normalized spacial score (nSPS) is 10.9. The third-order valence-electron chi connectivity index (χ3n) is 2.45. The Labute approximate surface area is 105 Å². The third kappa shape index (κ3) is 2.86. The van der Waals surface area contributed by atoms with Gasteiger partial charge in [-0.25, -0.2) is 0 Å². The summed E-state index contributed by atoms with van der Waals surface area (Å²) in [6, 6.07) is 12.8. The lowest BCUT2D eigenvalue weighted by Crippen LogP contribution is -1.84. The minimum absolute atomic E-state index is 0.269. The molecule has 86 valence electrons. The summed E-state index contributed by atoms with van der Waals surface area (Å²) < 4.78 is 0. The van der Waals surface area contributed by atoms with Crippen LogP contribution in [0.4, 0.5) is 5.69 Å². The maximum Gasteiger partial charge on any atom is 0.127 e. The van der Waals surface area contributed by atoms with Gasteiger partial charge >= 0.3 is 0 Å². The van der Waals surface area contributed by atoms with Gasteiger partial charge in [0.1, 0.15) is 5.75 Å². The van der Waals surface area contributed by atoms with E-state index in [0.717, 1.165) is 11.3 Å². The smallest absolute Gasteiger partial charge is 0.127 e. The third-order valence-corrected chi connectivity index (χ3v) is 2.70. The fourth-order valence-electron chi connectivity index (χ4n) is 1.46. The lowest BCUT2D eigenvalue weighted by Gasteiger charge is -2.01. The van der Waals surface area contributed by atoms with Crippen LogP contribution in [0.3, 0.4) is 0 Å². The summed E-state index contributed by atoms with van der Waals surface area (Å²) in [6.45, 7) is 1.86. The van der Waals surface area contributed by atoms with E-state index >= 15 is 0 Å². The van der Waals surface area contributed by atoms with Crippen LogP contribution in [-0.4, -0.2) is 11.3 Å². The summed E-state index contributed by atoms with van der Waals surface area (Å²) in [5.41, 5.74) is 2.35. The second kappa shape index (κ2) is 5.02. The standard InChI is InChI=1S/C14H12ClNO/c1-10-3-2-4-11(14(10)17)9-16-13-7-5-12(15)6-8-13/h2-9,17H,1H3. The van der Waals surface area contributed by atoms with Crippen molar-refractivity contribution in [1.82, 2.24) is 0 Å². The zero-order chi connectivity index (χ0) is 12.3. The van der Waals surface area contributed by atoms with Crippen molar-refractivity contribution in [2.45, 2.75) is 6.92 Å². The van der Waals surface area contributed by atoms with Gasteiger partial charge in [-0.2, -0.15) is 0 Å². The van der Waals surface area contributed by atoms with E-state index in [1.807, 2.05) is 37.3 Å². The molecular weight excluding hydrogens is 234 g/mol. The second-order valence-electron chi connectivity index (χ2n) is 3.75. The van der Waals surface area contributed by atoms with Gasteiger partial charge in [0.15, 0.2) is 0 Å². The first kappa shape index (κ1) is 11.7. The van der Waals surface area contributed by atoms with E-state index in [4.69, 9.17) is 11.6 Å². The molecule has 0 amide bonds. The Hall–Kier alpha value is -1.80. The van der Waals surface area contributed by atoms with E-state index in [9.17, 15) is 5.11 Å². The molecule has 1 N–H and O–H groups in total. The summed E-state index contributed by atoms with van der Waals surface area (Å²) in [6.07, 6.45) is 1.64. The molecule has 0 aliphatic rings. The fraction of sp³-hybridized carbons (Fsp3) is 0.0714. The van der Waals surface area contributed by atoms with Crippen molar-refractivity contribution in [2.24, 2.45) is 4.99 Å². The lowest BCUT2D eigenvalue weighted by atomic mass is 10.1. The number of hydrogen-bond donors (Lipinski definition) is 1. The highest BCUT2D eigenvalue weighted by atomic mass is 35.5.